The molecule has 1 heterocycles. The van der Waals surface area contributed by atoms with Crippen LogP contribution in [0.2, 0.25) is 0 Å². The molecule has 1 aliphatic rings. The number of anilines is 1. The second kappa shape index (κ2) is 7.57. The van der Waals surface area contributed by atoms with Gasteiger partial charge in [-0.2, -0.15) is 0 Å². The highest BCUT2D eigenvalue weighted by Crippen LogP contribution is 2.15. The summed E-state index contributed by atoms with van der Waals surface area (Å²) in [6, 6.07) is 7.27. The van der Waals surface area contributed by atoms with Crippen LogP contribution in [0.15, 0.2) is 24.3 Å². The summed E-state index contributed by atoms with van der Waals surface area (Å²) in [7, 11) is 0. The molecule has 2 atom stereocenters. The van der Waals surface area contributed by atoms with Gasteiger partial charge in [-0.15, -0.1) is 0 Å². The molecule has 0 aromatic heterocycles. The van der Waals surface area contributed by atoms with Crippen LogP contribution in [0.4, 0.5) is 5.69 Å². The Kier molecular flexibility index (Phi) is 5.74. The molecule has 1 fully saturated rings. The molecule has 0 radical (unpaired) electrons. The second-order valence-corrected chi connectivity index (χ2v) is 6.28. The molecule has 3 N–H and O–H groups in total. The van der Waals surface area contributed by atoms with Gasteiger partial charge in [-0.1, -0.05) is 12.1 Å². The number of carbonyl (C=O) groups excluding carboxylic acids is 2. The molecule has 0 aliphatic carbocycles. The van der Waals surface area contributed by atoms with Gasteiger partial charge in [-0.05, 0) is 38.0 Å². The molecular formula is C17H25N3O3. The Labute approximate surface area is 136 Å². The third-order valence-corrected chi connectivity index (χ3v) is 4.03. The van der Waals surface area contributed by atoms with Crippen LogP contribution in [0.25, 0.3) is 0 Å². The average molecular weight is 319 g/mol. The van der Waals surface area contributed by atoms with E-state index in [1.54, 1.807) is 11.8 Å². The first-order chi connectivity index (χ1) is 10.9. The SMILES string of the molecule is CC(=O)N(Cc1ccc(NC(=O)C2CC(O)CN2)cc1)C(C)C. The molecular weight excluding hydrogens is 294 g/mol. The van der Waals surface area contributed by atoms with Crippen molar-refractivity contribution in [3.8, 4) is 0 Å². The van der Waals surface area contributed by atoms with Crippen molar-refractivity contribution < 1.29 is 14.7 Å². The number of aliphatic hydroxyl groups is 1. The number of nitrogens with zero attached hydrogens (tertiary/aromatic N) is 1. The molecule has 1 aromatic carbocycles. The van der Waals surface area contributed by atoms with E-state index in [0.29, 0.717) is 25.2 Å². The number of hydrogen-bond donors (Lipinski definition) is 3. The molecule has 6 heteroatoms. The van der Waals surface area contributed by atoms with Crippen LogP contribution < -0.4 is 10.6 Å². The van der Waals surface area contributed by atoms with Gasteiger partial charge >= 0.3 is 0 Å². The summed E-state index contributed by atoms with van der Waals surface area (Å²) in [4.78, 5) is 25.5. The van der Waals surface area contributed by atoms with E-state index in [1.807, 2.05) is 38.1 Å². The minimum Gasteiger partial charge on any atom is -0.392 e. The van der Waals surface area contributed by atoms with Gasteiger partial charge in [0.25, 0.3) is 0 Å². The van der Waals surface area contributed by atoms with Crippen LogP contribution in [-0.4, -0.2) is 46.6 Å². The maximum Gasteiger partial charge on any atom is 0.241 e. The fourth-order valence-corrected chi connectivity index (χ4v) is 2.69. The van der Waals surface area contributed by atoms with Crippen molar-refractivity contribution in [1.29, 1.82) is 0 Å². The van der Waals surface area contributed by atoms with Crippen molar-refractivity contribution in [3.63, 3.8) is 0 Å². The van der Waals surface area contributed by atoms with E-state index >= 15 is 0 Å². The summed E-state index contributed by atoms with van der Waals surface area (Å²) in [6.07, 6.45) is -0.0204. The lowest BCUT2D eigenvalue weighted by molar-refractivity contribution is -0.131. The quantitative estimate of drug-likeness (QED) is 0.759. The van der Waals surface area contributed by atoms with Crippen LogP contribution in [0.3, 0.4) is 0 Å². The van der Waals surface area contributed by atoms with E-state index in [4.69, 9.17) is 0 Å². The number of carbonyl (C=O) groups is 2. The molecule has 126 valence electrons. The van der Waals surface area contributed by atoms with E-state index < -0.39 is 6.10 Å². The van der Waals surface area contributed by atoms with E-state index in [1.165, 1.54) is 0 Å². The number of hydrogen-bond acceptors (Lipinski definition) is 4. The van der Waals surface area contributed by atoms with Crippen molar-refractivity contribution in [1.82, 2.24) is 10.2 Å². The molecule has 6 nitrogen and oxygen atoms in total. The molecule has 1 aliphatic heterocycles. The lowest BCUT2D eigenvalue weighted by Gasteiger charge is -2.25. The van der Waals surface area contributed by atoms with Gasteiger partial charge in [0.2, 0.25) is 11.8 Å². The van der Waals surface area contributed by atoms with E-state index in [2.05, 4.69) is 10.6 Å². The maximum atomic E-state index is 12.1. The summed E-state index contributed by atoms with van der Waals surface area (Å²) in [5.74, 6) is -0.0925. The van der Waals surface area contributed by atoms with Gasteiger partial charge in [0.15, 0.2) is 0 Å². The zero-order valence-electron chi connectivity index (χ0n) is 13.9. The first kappa shape index (κ1) is 17.4. The summed E-state index contributed by atoms with van der Waals surface area (Å²) < 4.78 is 0. The Morgan fingerprint density at radius 3 is 2.48 bits per heavy atom. The third-order valence-electron chi connectivity index (χ3n) is 4.03. The molecule has 1 aromatic rings. The molecule has 1 saturated heterocycles. The Hall–Kier alpha value is -1.92. The monoisotopic (exact) mass is 319 g/mol. The fraction of sp³-hybridized carbons (Fsp3) is 0.529. The first-order valence-corrected chi connectivity index (χ1v) is 7.95. The number of rotatable bonds is 5. The standard InChI is InChI=1S/C17H25N3O3/c1-11(2)20(12(3)21)10-13-4-6-14(7-5-13)19-17(23)16-8-15(22)9-18-16/h4-7,11,15-16,18,22H,8-10H2,1-3H3,(H,19,23). The van der Waals surface area contributed by atoms with Crippen LogP contribution >= 0.6 is 0 Å². The number of benzene rings is 1. The van der Waals surface area contributed by atoms with Gasteiger partial charge in [-0.25, -0.2) is 0 Å². The van der Waals surface area contributed by atoms with Crippen molar-refractivity contribution in [2.75, 3.05) is 11.9 Å². The van der Waals surface area contributed by atoms with Crippen LogP contribution in [0.1, 0.15) is 32.8 Å². The number of amides is 2. The molecule has 2 amide bonds. The molecule has 0 saturated carbocycles. The van der Waals surface area contributed by atoms with Gasteiger partial charge in [0.1, 0.15) is 0 Å². The largest absolute Gasteiger partial charge is 0.392 e. The van der Waals surface area contributed by atoms with E-state index in [9.17, 15) is 14.7 Å². The lowest BCUT2D eigenvalue weighted by atomic mass is 10.1. The molecule has 0 spiro atoms. The van der Waals surface area contributed by atoms with Crippen molar-refractivity contribution in [2.24, 2.45) is 0 Å². The van der Waals surface area contributed by atoms with Gasteiger partial charge in [0.05, 0.1) is 12.1 Å². The molecule has 0 bridgehead atoms. The normalized spacial score (nSPS) is 20.6. The van der Waals surface area contributed by atoms with E-state index in [0.717, 1.165) is 5.56 Å². The highest BCUT2D eigenvalue weighted by Gasteiger charge is 2.27. The fourth-order valence-electron chi connectivity index (χ4n) is 2.69. The maximum absolute atomic E-state index is 12.1. The predicted octanol–water partition coefficient (Wildman–Crippen LogP) is 1.10. The zero-order chi connectivity index (χ0) is 17.0. The third kappa shape index (κ3) is 4.77. The summed E-state index contributed by atoms with van der Waals surface area (Å²) in [5, 5.41) is 15.3. The number of β-amino-alcohol motifs (C(OH)–C–C–N with tert-alkyl or cyclic N) is 1. The van der Waals surface area contributed by atoms with Gasteiger partial charge < -0.3 is 20.6 Å². The smallest absolute Gasteiger partial charge is 0.241 e. The average Bonchev–Trinajstić information content (AvgIpc) is 2.92. The molecule has 2 unspecified atom stereocenters. The summed E-state index contributed by atoms with van der Waals surface area (Å²) in [6.45, 7) is 6.54. The van der Waals surface area contributed by atoms with Crippen LogP contribution in [-0.2, 0) is 16.1 Å². The highest BCUT2D eigenvalue weighted by atomic mass is 16.3. The molecule has 23 heavy (non-hydrogen) atoms. The zero-order valence-corrected chi connectivity index (χ0v) is 13.9. The van der Waals surface area contributed by atoms with Crippen molar-refractivity contribution >= 4 is 17.5 Å². The Morgan fingerprint density at radius 1 is 1.35 bits per heavy atom. The Bertz CT molecular complexity index is 557. The molecule has 2 rings (SSSR count). The summed E-state index contributed by atoms with van der Waals surface area (Å²) >= 11 is 0. The Morgan fingerprint density at radius 2 is 2.00 bits per heavy atom. The van der Waals surface area contributed by atoms with Crippen molar-refractivity contribution in [2.45, 2.75) is 51.9 Å². The van der Waals surface area contributed by atoms with Gasteiger partial charge in [-0.3, -0.25) is 9.59 Å². The van der Waals surface area contributed by atoms with Crippen LogP contribution in [0, 0.1) is 0 Å². The summed E-state index contributed by atoms with van der Waals surface area (Å²) in [5.41, 5.74) is 1.72. The topological polar surface area (TPSA) is 81.7 Å². The highest BCUT2D eigenvalue weighted by molar-refractivity contribution is 5.95. The Balaban J connectivity index is 1.94. The second-order valence-electron chi connectivity index (χ2n) is 6.28. The van der Waals surface area contributed by atoms with Crippen molar-refractivity contribution in [3.05, 3.63) is 29.8 Å². The van der Waals surface area contributed by atoms with Crippen LogP contribution in [0.5, 0.6) is 0 Å². The minimum absolute atomic E-state index is 0.0447. The predicted molar refractivity (Wildman–Crippen MR) is 88.8 cm³/mol. The van der Waals surface area contributed by atoms with E-state index in [-0.39, 0.29) is 23.9 Å². The number of nitrogens with one attached hydrogen (secondary N) is 2. The first-order valence-electron chi connectivity index (χ1n) is 7.95. The number of aliphatic hydroxyl groups excluding tert-OH is 1. The minimum atomic E-state index is -0.457. The van der Waals surface area contributed by atoms with Gasteiger partial charge in [0, 0.05) is 31.7 Å². The lowest BCUT2D eigenvalue weighted by Crippen LogP contribution is -2.35.